The van der Waals surface area contributed by atoms with Gasteiger partial charge in [-0.05, 0) is 60.7 Å². The van der Waals surface area contributed by atoms with E-state index >= 15 is 0 Å². The van der Waals surface area contributed by atoms with E-state index in [9.17, 15) is 4.79 Å². The topological polar surface area (TPSA) is 45.3 Å². The molecule has 2 atom stereocenters. The first-order valence-corrected chi connectivity index (χ1v) is 11.3. The number of nitrogens with zero attached hydrogens (tertiary/aromatic N) is 1. The Morgan fingerprint density at radius 1 is 1.23 bits per heavy atom. The SMILES string of the molecule is COc1ccc(C(=O)[C@H]2C[C@@H]2CN2CC=C(c3c[nH]c4cccc(Br)c34)CC2)cc1. The third-order valence-electron chi connectivity index (χ3n) is 6.42. The highest BCUT2D eigenvalue weighted by atomic mass is 79.9. The Bertz CT molecular complexity index is 1120. The van der Waals surface area contributed by atoms with Gasteiger partial charge in [0.05, 0.1) is 7.11 Å². The maximum absolute atomic E-state index is 12.7. The van der Waals surface area contributed by atoms with Crippen molar-refractivity contribution in [2.75, 3.05) is 26.7 Å². The van der Waals surface area contributed by atoms with Crippen molar-refractivity contribution in [3.8, 4) is 5.75 Å². The number of ketones is 1. The van der Waals surface area contributed by atoms with Gasteiger partial charge < -0.3 is 9.72 Å². The molecule has 1 aliphatic heterocycles. The summed E-state index contributed by atoms with van der Waals surface area (Å²) in [6, 6.07) is 13.8. The summed E-state index contributed by atoms with van der Waals surface area (Å²) >= 11 is 3.70. The quantitative estimate of drug-likeness (QED) is 0.486. The van der Waals surface area contributed by atoms with E-state index in [-0.39, 0.29) is 11.7 Å². The molecule has 154 valence electrons. The number of halogens is 1. The second-order valence-corrected chi connectivity index (χ2v) is 9.15. The summed E-state index contributed by atoms with van der Waals surface area (Å²) in [6.45, 7) is 3.00. The molecule has 2 aliphatic rings. The summed E-state index contributed by atoms with van der Waals surface area (Å²) < 4.78 is 6.32. The van der Waals surface area contributed by atoms with Crippen LogP contribution < -0.4 is 4.74 Å². The highest BCUT2D eigenvalue weighted by Crippen LogP contribution is 2.42. The summed E-state index contributed by atoms with van der Waals surface area (Å²) in [5, 5.41) is 1.27. The number of methoxy groups -OCH3 is 1. The summed E-state index contributed by atoms with van der Waals surface area (Å²) in [5.41, 5.74) is 4.68. The zero-order valence-electron chi connectivity index (χ0n) is 17.0. The number of hydrogen-bond acceptors (Lipinski definition) is 3. The number of fused-ring (bicyclic) bond motifs is 1. The molecule has 1 aromatic heterocycles. The van der Waals surface area contributed by atoms with Gasteiger partial charge in [0.25, 0.3) is 0 Å². The highest BCUT2D eigenvalue weighted by molar-refractivity contribution is 9.10. The lowest BCUT2D eigenvalue weighted by molar-refractivity contribution is 0.0957. The van der Waals surface area contributed by atoms with Gasteiger partial charge in [0.15, 0.2) is 5.78 Å². The van der Waals surface area contributed by atoms with Crippen LogP contribution in [0.5, 0.6) is 5.75 Å². The van der Waals surface area contributed by atoms with Crippen LogP contribution in [0.2, 0.25) is 0 Å². The molecule has 0 unspecified atom stereocenters. The van der Waals surface area contributed by atoms with Gasteiger partial charge in [-0.1, -0.05) is 28.1 Å². The van der Waals surface area contributed by atoms with Gasteiger partial charge in [0.1, 0.15) is 5.75 Å². The van der Waals surface area contributed by atoms with Crippen LogP contribution in [0.25, 0.3) is 16.5 Å². The van der Waals surface area contributed by atoms with Crippen LogP contribution in [0, 0.1) is 11.8 Å². The van der Waals surface area contributed by atoms with E-state index in [2.05, 4.69) is 56.3 Å². The maximum atomic E-state index is 12.7. The van der Waals surface area contributed by atoms with Crippen LogP contribution in [0.3, 0.4) is 0 Å². The van der Waals surface area contributed by atoms with Crippen molar-refractivity contribution >= 4 is 38.2 Å². The fourth-order valence-corrected chi connectivity index (χ4v) is 5.17. The first-order valence-electron chi connectivity index (χ1n) is 10.5. The average molecular weight is 465 g/mol. The minimum Gasteiger partial charge on any atom is -0.497 e. The average Bonchev–Trinajstić information content (AvgIpc) is 3.40. The number of aromatic amines is 1. The monoisotopic (exact) mass is 464 g/mol. The Kier molecular flexibility index (Phi) is 5.25. The predicted molar refractivity (Wildman–Crippen MR) is 124 cm³/mol. The number of hydrogen-bond donors (Lipinski definition) is 1. The lowest BCUT2D eigenvalue weighted by atomic mass is 9.98. The van der Waals surface area contributed by atoms with Gasteiger partial charge in [0, 0.05) is 58.3 Å². The Morgan fingerprint density at radius 3 is 2.80 bits per heavy atom. The van der Waals surface area contributed by atoms with Crippen molar-refractivity contribution in [1.82, 2.24) is 9.88 Å². The normalized spacial score (nSPS) is 21.5. The molecule has 5 rings (SSSR count). The number of carbonyl (C=O) groups is 1. The van der Waals surface area contributed by atoms with Crippen molar-refractivity contribution in [3.05, 3.63) is 70.3 Å². The molecule has 1 saturated carbocycles. The third kappa shape index (κ3) is 3.72. The number of Topliss-reactive ketones (excluding diaryl/α,β-unsaturated/α-hetero) is 1. The Morgan fingerprint density at radius 2 is 2.07 bits per heavy atom. The fourth-order valence-electron chi connectivity index (χ4n) is 4.59. The van der Waals surface area contributed by atoms with Gasteiger partial charge >= 0.3 is 0 Å². The van der Waals surface area contributed by atoms with Crippen molar-refractivity contribution in [2.45, 2.75) is 12.8 Å². The predicted octanol–water partition coefficient (Wildman–Crippen LogP) is 5.55. The molecule has 0 bridgehead atoms. The summed E-state index contributed by atoms with van der Waals surface area (Å²) in [6.07, 6.45) is 6.53. The Hall–Kier alpha value is -2.37. The number of benzene rings is 2. The van der Waals surface area contributed by atoms with Gasteiger partial charge in [-0.3, -0.25) is 9.69 Å². The standard InChI is InChI=1S/C25H25BrN2O2/c1-30-19-7-5-17(6-8-19)25(29)20-13-18(20)15-28-11-9-16(10-12-28)21-14-27-23-4-2-3-22(26)24(21)23/h2-9,14,18,20,27H,10-13,15H2,1H3/t18-,20+/m1/s1. The summed E-state index contributed by atoms with van der Waals surface area (Å²) in [4.78, 5) is 18.6. The van der Waals surface area contributed by atoms with Crippen LogP contribution in [-0.4, -0.2) is 42.4 Å². The number of rotatable bonds is 6. The minimum absolute atomic E-state index is 0.174. The first-order chi connectivity index (χ1) is 14.6. The summed E-state index contributed by atoms with van der Waals surface area (Å²) in [7, 11) is 1.64. The molecular weight excluding hydrogens is 440 g/mol. The van der Waals surface area contributed by atoms with E-state index in [0.717, 1.165) is 48.3 Å². The third-order valence-corrected chi connectivity index (χ3v) is 7.08. The largest absolute Gasteiger partial charge is 0.497 e. The van der Waals surface area contributed by atoms with Crippen LogP contribution >= 0.6 is 15.9 Å². The van der Waals surface area contributed by atoms with E-state index < -0.39 is 0 Å². The van der Waals surface area contributed by atoms with Crippen molar-refractivity contribution in [2.24, 2.45) is 11.8 Å². The lowest BCUT2D eigenvalue weighted by Crippen LogP contribution is -2.31. The zero-order chi connectivity index (χ0) is 20.7. The molecule has 0 radical (unpaired) electrons. The fraction of sp³-hybridized carbons (Fsp3) is 0.320. The molecule has 1 N–H and O–H groups in total. The first kappa shape index (κ1) is 19.6. The van der Waals surface area contributed by atoms with E-state index in [0.29, 0.717) is 5.92 Å². The zero-order valence-corrected chi connectivity index (χ0v) is 18.6. The molecule has 1 aliphatic carbocycles. The van der Waals surface area contributed by atoms with Crippen molar-refractivity contribution < 1.29 is 9.53 Å². The molecule has 5 heteroatoms. The van der Waals surface area contributed by atoms with Crippen LogP contribution in [0.1, 0.15) is 28.8 Å². The molecule has 0 amide bonds. The minimum atomic E-state index is 0.174. The Labute approximate surface area is 185 Å². The maximum Gasteiger partial charge on any atom is 0.166 e. The molecule has 0 spiro atoms. The molecule has 3 aromatic rings. The van der Waals surface area contributed by atoms with Gasteiger partial charge in [-0.15, -0.1) is 0 Å². The number of aromatic nitrogens is 1. The highest BCUT2D eigenvalue weighted by Gasteiger charge is 2.43. The lowest BCUT2D eigenvalue weighted by Gasteiger charge is -2.26. The Balaban J connectivity index is 1.20. The van der Waals surface area contributed by atoms with E-state index in [1.54, 1.807) is 7.11 Å². The molecule has 2 aromatic carbocycles. The molecule has 30 heavy (non-hydrogen) atoms. The van der Waals surface area contributed by atoms with Crippen molar-refractivity contribution in [3.63, 3.8) is 0 Å². The van der Waals surface area contributed by atoms with Crippen molar-refractivity contribution in [1.29, 1.82) is 0 Å². The van der Waals surface area contributed by atoms with Crippen LogP contribution in [-0.2, 0) is 0 Å². The number of H-pyrrole nitrogens is 1. The van der Waals surface area contributed by atoms with Gasteiger partial charge in [0.2, 0.25) is 0 Å². The molecule has 2 heterocycles. The number of ether oxygens (including phenoxy) is 1. The van der Waals surface area contributed by atoms with E-state index in [4.69, 9.17) is 4.74 Å². The summed E-state index contributed by atoms with van der Waals surface area (Å²) in [5.74, 6) is 1.72. The molecule has 4 nitrogen and oxygen atoms in total. The van der Waals surface area contributed by atoms with Gasteiger partial charge in [-0.2, -0.15) is 0 Å². The van der Waals surface area contributed by atoms with Crippen LogP contribution in [0.15, 0.2) is 59.2 Å². The smallest absolute Gasteiger partial charge is 0.166 e. The molecule has 0 saturated heterocycles. The second kappa shape index (κ2) is 8.05. The van der Waals surface area contributed by atoms with E-state index in [1.165, 1.54) is 22.0 Å². The second-order valence-electron chi connectivity index (χ2n) is 8.30. The van der Waals surface area contributed by atoms with E-state index in [1.807, 2.05) is 24.3 Å². The number of carbonyl (C=O) groups excluding carboxylic acids is 1. The van der Waals surface area contributed by atoms with Crippen LogP contribution in [0.4, 0.5) is 0 Å². The number of nitrogens with one attached hydrogen (secondary N) is 1. The van der Waals surface area contributed by atoms with Gasteiger partial charge in [-0.25, -0.2) is 0 Å². The molecular formula is C25H25BrN2O2. The molecule has 1 fully saturated rings.